The highest BCUT2D eigenvalue weighted by atomic mass is 32.2. The van der Waals surface area contributed by atoms with Gasteiger partial charge in [-0.15, -0.1) is 0 Å². The highest BCUT2D eigenvalue weighted by Crippen LogP contribution is 2.23. The Kier molecular flexibility index (Phi) is 7.82. The zero-order valence-electron chi connectivity index (χ0n) is 19.2. The van der Waals surface area contributed by atoms with Gasteiger partial charge >= 0.3 is 18.1 Å². The largest absolute Gasteiger partial charge is 0.463 e. The van der Waals surface area contributed by atoms with E-state index in [2.05, 4.69) is 4.74 Å². The number of methoxy groups -OCH3 is 1. The summed E-state index contributed by atoms with van der Waals surface area (Å²) in [6, 6.07) is 8.11. The van der Waals surface area contributed by atoms with Gasteiger partial charge in [-0.1, -0.05) is 17.7 Å². The highest BCUT2D eigenvalue weighted by Gasteiger charge is 2.35. The first-order chi connectivity index (χ1) is 16.2. The standard InChI is InChI=1S/C22H27N3O8S/c1-4-32-22(28)24-13-11-23(12-14-24)21(27)25(15-17-7-10-19(33-17)20(26)31-3)34(29,30)18-8-5-16(2)6-9-18/h5-10H,4,11-15H2,1-3H3. The van der Waals surface area contributed by atoms with Crippen LogP contribution < -0.4 is 0 Å². The van der Waals surface area contributed by atoms with Gasteiger partial charge in [-0.05, 0) is 38.1 Å². The summed E-state index contributed by atoms with van der Waals surface area (Å²) in [4.78, 5) is 39.8. The molecule has 1 fully saturated rings. The summed E-state index contributed by atoms with van der Waals surface area (Å²) >= 11 is 0. The Hall–Kier alpha value is -3.54. The van der Waals surface area contributed by atoms with E-state index in [0.717, 1.165) is 5.56 Å². The predicted molar refractivity (Wildman–Crippen MR) is 120 cm³/mol. The van der Waals surface area contributed by atoms with Gasteiger partial charge in [0.05, 0.1) is 25.2 Å². The molecule has 2 aromatic rings. The maximum Gasteiger partial charge on any atom is 0.409 e. The van der Waals surface area contributed by atoms with Gasteiger partial charge in [0.25, 0.3) is 10.0 Å². The number of hydrogen-bond donors (Lipinski definition) is 0. The van der Waals surface area contributed by atoms with Crippen molar-refractivity contribution in [2.45, 2.75) is 25.3 Å². The molecule has 1 aliphatic heterocycles. The van der Waals surface area contributed by atoms with Gasteiger partial charge in [-0.3, -0.25) is 0 Å². The number of rotatable bonds is 6. The van der Waals surface area contributed by atoms with E-state index < -0.39 is 34.7 Å². The normalized spacial score (nSPS) is 14.0. The number of ether oxygens (including phenoxy) is 2. The second-order valence-corrected chi connectivity index (χ2v) is 9.40. The van der Waals surface area contributed by atoms with Crippen LogP contribution in [0.5, 0.6) is 0 Å². The zero-order valence-corrected chi connectivity index (χ0v) is 20.0. The van der Waals surface area contributed by atoms with E-state index in [4.69, 9.17) is 9.15 Å². The Morgan fingerprint density at radius 3 is 2.21 bits per heavy atom. The quantitative estimate of drug-likeness (QED) is 0.562. The number of piperazine rings is 1. The van der Waals surface area contributed by atoms with Crippen molar-refractivity contribution in [1.82, 2.24) is 14.1 Å². The summed E-state index contributed by atoms with van der Waals surface area (Å²) in [5, 5.41) is 0. The minimum Gasteiger partial charge on any atom is -0.463 e. The number of furan rings is 1. The van der Waals surface area contributed by atoms with Crippen LogP contribution in [0.2, 0.25) is 0 Å². The summed E-state index contributed by atoms with van der Waals surface area (Å²) < 4.78 is 42.6. The van der Waals surface area contributed by atoms with E-state index in [1.165, 1.54) is 41.2 Å². The Labute approximate surface area is 197 Å². The van der Waals surface area contributed by atoms with Crippen molar-refractivity contribution in [3.63, 3.8) is 0 Å². The number of urea groups is 1. The molecule has 11 nitrogen and oxygen atoms in total. The number of aryl methyl sites for hydroxylation is 1. The molecule has 34 heavy (non-hydrogen) atoms. The van der Waals surface area contributed by atoms with Crippen molar-refractivity contribution < 1.29 is 36.7 Å². The lowest BCUT2D eigenvalue weighted by molar-refractivity contribution is 0.0562. The van der Waals surface area contributed by atoms with Crippen LogP contribution in [-0.2, 0) is 26.0 Å². The van der Waals surface area contributed by atoms with Crippen molar-refractivity contribution in [3.05, 3.63) is 53.5 Å². The average molecular weight is 494 g/mol. The molecule has 0 unspecified atom stereocenters. The Morgan fingerprint density at radius 1 is 1.00 bits per heavy atom. The third-order valence-corrected chi connectivity index (χ3v) is 6.98. The third-order valence-electron chi connectivity index (χ3n) is 5.25. The number of carbonyl (C=O) groups is 3. The van der Waals surface area contributed by atoms with Crippen molar-refractivity contribution in [3.8, 4) is 0 Å². The molecule has 1 aliphatic rings. The van der Waals surface area contributed by atoms with Crippen LogP contribution in [0.25, 0.3) is 0 Å². The summed E-state index contributed by atoms with van der Waals surface area (Å²) in [6.07, 6.45) is -0.482. The molecule has 184 valence electrons. The maximum atomic E-state index is 13.4. The van der Waals surface area contributed by atoms with Crippen molar-refractivity contribution >= 4 is 28.1 Å². The van der Waals surface area contributed by atoms with E-state index in [-0.39, 0.29) is 49.2 Å². The minimum atomic E-state index is -4.26. The molecule has 0 spiro atoms. The monoisotopic (exact) mass is 493 g/mol. The second-order valence-electron chi connectivity index (χ2n) is 7.54. The van der Waals surface area contributed by atoms with Gasteiger partial charge in [0, 0.05) is 26.2 Å². The van der Waals surface area contributed by atoms with Crippen LogP contribution in [-0.4, -0.2) is 80.5 Å². The van der Waals surface area contributed by atoms with Crippen LogP contribution in [0.3, 0.4) is 0 Å². The predicted octanol–water partition coefficient (Wildman–Crippen LogP) is 2.46. The first-order valence-electron chi connectivity index (χ1n) is 10.6. The number of carbonyl (C=O) groups excluding carboxylic acids is 3. The van der Waals surface area contributed by atoms with E-state index in [9.17, 15) is 22.8 Å². The molecule has 0 radical (unpaired) electrons. The topological polar surface area (TPSA) is 127 Å². The van der Waals surface area contributed by atoms with Crippen LogP contribution in [0.4, 0.5) is 9.59 Å². The molecule has 0 bridgehead atoms. The number of esters is 1. The molecule has 3 rings (SSSR count). The van der Waals surface area contributed by atoms with Gasteiger partial charge in [0.15, 0.2) is 0 Å². The van der Waals surface area contributed by atoms with Crippen LogP contribution in [0, 0.1) is 6.92 Å². The molecular weight excluding hydrogens is 466 g/mol. The van der Waals surface area contributed by atoms with E-state index in [1.807, 2.05) is 6.92 Å². The molecular formula is C22H27N3O8S. The molecule has 1 saturated heterocycles. The van der Waals surface area contributed by atoms with Gasteiger partial charge in [0.2, 0.25) is 5.76 Å². The average Bonchev–Trinajstić information content (AvgIpc) is 3.31. The molecule has 2 heterocycles. The summed E-state index contributed by atoms with van der Waals surface area (Å²) in [5.74, 6) is -0.740. The lowest BCUT2D eigenvalue weighted by atomic mass is 10.2. The van der Waals surface area contributed by atoms with E-state index in [0.29, 0.717) is 4.31 Å². The van der Waals surface area contributed by atoms with Gasteiger partial charge in [-0.2, -0.15) is 0 Å². The van der Waals surface area contributed by atoms with Crippen LogP contribution in [0.1, 0.15) is 28.8 Å². The van der Waals surface area contributed by atoms with E-state index >= 15 is 0 Å². The molecule has 0 saturated carbocycles. The summed E-state index contributed by atoms with van der Waals surface area (Å²) in [5.41, 5.74) is 0.862. The number of amides is 3. The molecule has 0 aliphatic carbocycles. The Balaban J connectivity index is 1.86. The summed E-state index contributed by atoms with van der Waals surface area (Å²) in [6.45, 7) is 3.99. The minimum absolute atomic E-state index is 0.0589. The fraction of sp³-hybridized carbons (Fsp3) is 0.409. The van der Waals surface area contributed by atoms with Gasteiger partial charge < -0.3 is 23.7 Å². The van der Waals surface area contributed by atoms with Crippen molar-refractivity contribution in [2.75, 3.05) is 39.9 Å². The lowest BCUT2D eigenvalue weighted by Crippen LogP contribution is -2.54. The fourth-order valence-corrected chi connectivity index (χ4v) is 4.71. The van der Waals surface area contributed by atoms with Crippen LogP contribution >= 0.6 is 0 Å². The first-order valence-corrected chi connectivity index (χ1v) is 12.1. The fourth-order valence-electron chi connectivity index (χ4n) is 3.36. The molecule has 0 N–H and O–H groups in total. The first kappa shape index (κ1) is 25.1. The number of hydrogen-bond acceptors (Lipinski definition) is 8. The van der Waals surface area contributed by atoms with Gasteiger partial charge in [0.1, 0.15) is 5.76 Å². The van der Waals surface area contributed by atoms with Crippen molar-refractivity contribution in [1.29, 1.82) is 0 Å². The Morgan fingerprint density at radius 2 is 1.62 bits per heavy atom. The molecule has 3 amide bonds. The molecule has 0 atom stereocenters. The number of nitrogens with zero attached hydrogens (tertiary/aromatic N) is 3. The maximum absolute atomic E-state index is 13.4. The van der Waals surface area contributed by atoms with Crippen molar-refractivity contribution in [2.24, 2.45) is 0 Å². The zero-order chi connectivity index (χ0) is 24.9. The molecule has 12 heteroatoms. The lowest BCUT2D eigenvalue weighted by Gasteiger charge is -2.36. The molecule has 1 aromatic carbocycles. The Bertz CT molecular complexity index is 1140. The summed E-state index contributed by atoms with van der Waals surface area (Å²) in [7, 11) is -3.07. The molecule has 1 aromatic heterocycles. The SMILES string of the molecule is CCOC(=O)N1CCN(C(=O)N(Cc2ccc(C(=O)OC)o2)S(=O)(=O)c2ccc(C)cc2)CC1. The van der Waals surface area contributed by atoms with Gasteiger partial charge in [-0.25, -0.2) is 27.1 Å². The number of sulfonamides is 1. The third kappa shape index (κ3) is 5.50. The number of benzene rings is 1. The van der Waals surface area contributed by atoms with Crippen LogP contribution in [0.15, 0.2) is 45.7 Å². The second kappa shape index (κ2) is 10.6. The smallest absolute Gasteiger partial charge is 0.409 e. The highest BCUT2D eigenvalue weighted by molar-refractivity contribution is 7.89. The van der Waals surface area contributed by atoms with E-state index in [1.54, 1.807) is 19.1 Å².